The molecule has 0 atom stereocenters. The molecule has 9 heteroatoms. The predicted octanol–water partition coefficient (Wildman–Crippen LogP) is 3.54. The molecule has 0 amide bonds. The summed E-state index contributed by atoms with van der Waals surface area (Å²) in [7, 11) is 1.83. The van der Waals surface area contributed by atoms with Crippen LogP contribution in [0, 0.1) is 0 Å². The molecular formula is C17H16F3N5O. The average molecular weight is 363 g/mol. The molecule has 0 unspecified atom stereocenters. The third-order valence-corrected chi connectivity index (χ3v) is 4.16. The Labute approximate surface area is 147 Å². The first-order chi connectivity index (χ1) is 12.4. The Kier molecular flexibility index (Phi) is 3.93. The SMILES string of the molecule is CN(Cc1cccc(OC(F)(F)F)c1)c1ccc2nnc(C3CC3)n2n1. The Bertz CT molecular complexity index is 936. The molecule has 2 heterocycles. The van der Waals surface area contributed by atoms with Crippen LogP contribution in [0.25, 0.3) is 5.65 Å². The van der Waals surface area contributed by atoms with Gasteiger partial charge in [0, 0.05) is 19.5 Å². The van der Waals surface area contributed by atoms with E-state index in [9.17, 15) is 13.2 Å². The van der Waals surface area contributed by atoms with Crippen LogP contribution < -0.4 is 9.64 Å². The number of fused-ring (bicyclic) bond motifs is 1. The molecule has 1 fully saturated rings. The highest BCUT2D eigenvalue weighted by molar-refractivity contribution is 5.46. The second-order valence-corrected chi connectivity index (χ2v) is 6.35. The maximum Gasteiger partial charge on any atom is 0.573 e. The Morgan fingerprint density at radius 1 is 1.19 bits per heavy atom. The van der Waals surface area contributed by atoms with Gasteiger partial charge >= 0.3 is 6.36 Å². The van der Waals surface area contributed by atoms with Crippen LogP contribution in [0.3, 0.4) is 0 Å². The van der Waals surface area contributed by atoms with Crippen LogP contribution in [-0.2, 0) is 6.54 Å². The first kappa shape index (κ1) is 16.6. The van der Waals surface area contributed by atoms with Gasteiger partial charge in [-0.05, 0) is 42.7 Å². The molecule has 1 aliphatic carbocycles. The van der Waals surface area contributed by atoms with E-state index in [4.69, 9.17) is 0 Å². The monoisotopic (exact) mass is 363 g/mol. The number of hydrogen-bond donors (Lipinski definition) is 0. The summed E-state index contributed by atoms with van der Waals surface area (Å²) >= 11 is 0. The smallest absolute Gasteiger partial charge is 0.406 e. The largest absolute Gasteiger partial charge is 0.573 e. The van der Waals surface area contributed by atoms with E-state index in [2.05, 4.69) is 20.0 Å². The zero-order valence-electron chi connectivity index (χ0n) is 13.9. The number of alkyl halides is 3. The van der Waals surface area contributed by atoms with Crippen molar-refractivity contribution in [2.75, 3.05) is 11.9 Å². The number of hydrogen-bond acceptors (Lipinski definition) is 5. The maximum atomic E-state index is 12.4. The van der Waals surface area contributed by atoms with Crippen LogP contribution in [0.4, 0.5) is 19.0 Å². The summed E-state index contributed by atoms with van der Waals surface area (Å²) in [6.07, 6.45) is -2.52. The molecule has 0 N–H and O–H groups in total. The van der Waals surface area contributed by atoms with Crippen molar-refractivity contribution in [2.24, 2.45) is 0 Å². The van der Waals surface area contributed by atoms with E-state index < -0.39 is 6.36 Å². The van der Waals surface area contributed by atoms with Gasteiger partial charge in [0.1, 0.15) is 11.6 Å². The van der Waals surface area contributed by atoms with E-state index in [-0.39, 0.29) is 5.75 Å². The minimum atomic E-state index is -4.70. The minimum absolute atomic E-state index is 0.235. The fraction of sp³-hybridized carbons (Fsp3) is 0.353. The van der Waals surface area contributed by atoms with Crippen LogP contribution in [0.1, 0.15) is 30.1 Å². The number of anilines is 1. The Hall–Kier alpha value is -2.84. The van der Waals surface area contributed by atoms with Crippen molar-refractivity contribution in [3.05, 3.63) is 47.8 Å². The van der Waals surface area contributed by atoms with E-state index in [0.29, 0.717) is 29.5 Å². The average Bonchev–Trinajstić information content (AvgIpc) is 3.32. The van der Waals surface area contributed by atoms with E-state index in [1.54, 1.807) is 10.6 Å². The molecule has 0 saturated heterocycles. The number of benzene rings is 1. The van der Waals surface area contributed by atoms with Gasteiger partial charge in [-0.25, -0.2) is 0 Å². The van der Waals surface area contributed by atoms with Crippen LogP contribution in [0.2, 0.25) is 0 Å². The van der Waals surface area contributed by atoms with Crippen molar-refractivity contribution in [1.82, 2.24) is 19.8 Å². The maximum absolute atomic E-state index is 12.4. The van der Waals surface area contributed by atoms with Crippen molar-refractivity contribution in [1.29, 1.82) is 0 Å². The van der Waals surface area contributed by atoms with Crippen LogP contribution in [-0.4, -0.2) is 33.2 Å². The first-order valence-corrected chi connectivity index (χ1v) is 8.17. The zero-order chi connectivity index (χ0) is 18.3. The topological polar surface area (TPSA) is 55.5 Å². The van der Waals surface area contributed by atoms with Gasteiger partial charge in [-0.3, -0.25) is 0 Å². The lowest BCUT2D eigenvalue weighted by atomic mass is 10.2. The standard InChI is InChI=1S/C17H16F3N5O/c1-24(10-11-3-2-4-13(9-11)26-17(18,19)20)15-8-7-14-21-22-16(12-5-6-12)25(14)23-15/h2-4,7-9,12H,5-6,10H2,1H3. The molecule has 1 saturated carbocycles. The third kappa shape index (κ3) is 3.56. The summed E-state index contributed by atoms with van der Waals surface area (Å²) in [4.78, 5) is 1.85. The van der Waals surface area contributed by atoms with E-state index >= 15 is 0 Å². The molecular weight excluding hydrogens is 347 g/mol. The molecule has 4 rings (SSSR count). The van der Waals surface area contributed by atoms with Gasteiger partial charge in [-0.15, -0.1) is 28.5 Å². The quantitative estimate of drug-likeness (QED) is 0.694. The Balaban J connectivity index is 1.54. The number of halogens is 3. The van der Waals surface area contributed by atoms with Gasteiger partial charge in [0.05, 0.1) is 0 Å². The highest BCUT2D eigenvalue weighted by atomic mass is 19.4. The molecule has 0 spiro atoms. The Morgan fingerprint density at radius 2 is 2.00 bits per heavy atom. The van der Waals surface area contributed by atoms with Gasteiger partial charge in [0.25, 0.3) is 0 Å². The summed E-state index contributed by atoms with van der Waals surface area (Å²) in [5, 5.41) is 12.9. The molecule has 1 aliphatic rings. The molecule has 1 aromatic carbocycles. The van der Waals surface area contributed by atoms with Gasteiger partial charge in [0.2, 0.25) is 0 Å². The van der Waals surface area contributed by atoms with Crippen molar-refractivity contribution in [3.8, 4) is 5.75 Å². The third-order valence-electron chi connectivity index (χ3n) is 4.16. The number of nitrogens with zero attached hydrogens (tertiary/aromatic N) is 5. The lowest BCUT2D eigenvalue weighted by Gasteiger charge is -2.19. The zero-order valence-corrected chi connectivity index (χ0v) is 13.9. The van der Waals surface area contributed by atoms with Crippen molar-refractivity contribution < 1.29 is 17.9 Å². The van der Waals surface area contributed by atoms with E-state index in [0.717, 1.165) is 18.7 Å². The molecule has 6 nitrogen and oxygen atoms in total. The molecule has 2 aromatic heterocycles. The van der Waals surface area contributed by atoms with Crippen molar-refractivity contribution in [3.63, 3.8) is 0 Å². The minimum Gasteiger partial charge on any atom is -0.406 e. The second-order valence-electron chi connectivity index (χ2n) is 6.35. The lowest BCUT2D eigenvalue weighted by molar-refractivity contribution is -0.274. The van der Waals surface area contributed by atoms with Gasteiger partial charge in [-0.1, -0.05) is 12.1 Å². The number of rotatable bonds is 5. The van der Waals surface area contributed by atoms with E-state index in [1.165, 1.54) is 18.2 Å². The van der Waals surface area contributed by atoms with E-state index in [1.807, 2.05) is 24.1 Å². The molecule has 3 aromatic rings. The van der Waals surface area contributed by atoms with Gasteiger partial charge < -0.3 is 9.64 Å². The van der Waals surface area contributed by atoms with Gasteiger partial charge in [0.15, 0.2) is 11.5 Å². The van der Waals surface area contributed by atoms with Crippen LogP contribution in [0.15, 0.2) is 36.4 Å². The Morgan fingerprint density at radius 3 is 2.73 bits per heavy atom. The molecule has 0 aliphatic heterocycles. The summed E-state index contributed by atoms with van der Waals surface area (Å²) in [5.41, 5.74) is 1.37. The normalized spacial score (nSPS) is 14.6. The van der Waals surface area contributed by atoms with Crippen LogP contribution in [0.5, 0.6) is 5.75 Å². The molecule has 136 valence electrons. The van der Waals surface area contributed by atoms with Gasteiger partial charge in [-0.2, -0.15) is 4.52 Å². The summed E-state index contributed by atoms with van der Waals surface area (Å²) < 4.78 is 42.8. The number of ether oxygens (including phenoxy) is 1. The fourth-order valence-electron chi connectivity index (χ4n) is 2.79. The summed E-state index contributed by atoms with van der Waals surface area (Å²) in [6, 6.07) is 9.58. The fourth-order valence-corrected chi connectivity index (χ4v) is 2.79. The molecule has 0 radical (unpaired) electrons. The van der Waals surface area contributed by atoms with Crippen molar-refractivity contribution in [2.45, 2.75) is 31.7 Å². The summed E-state index contributed by atoms with van der Waals surface area (Å²) in [5.74, 6) is 1.72. The molecule has 26 heavy (non-hydrogen) atoms. The highest BCUT2D eigenvalue weighted by Gasteiger charge is 2.31. The first-order valence-electron chi connectivity index (χ1n) is 8.17. The second kappa shape index (κ2) is 6.15. The summed E-state index contributed by atoms with van der Waals surface area (Å²) in [6.45, 7) is 0.383. The van der Waals surface area contributed by atoms with Crippen molar-refractivity contribution >= 4 is 11.5 Å². The predicted molar refractivity (Wildman–Crippen MR) is 88.0 cm³/mol. The highest BCUT2D eigenvalue weighted by Crippen LogP contribution is 2.38. The van der Waals surface area contributed by atoms with Crippen LogP contribution >= 0.6 is 0 Å². The number of aromatic nitrogens is 4. The molecule has 0 bridgehead atoms. The lowest BCUT2D eigenvalue weighted by Crippen LogP contribution is -2.20.